The van der Waals surface area contributed by atoms with Crippen molar-refractivity contribution in [2.45, 2.75) is 33.7 Å². The number of hydrogen-bond acceptors (Lipinski definition) is 5. The molecule has 1 heterocycles. The molecular weight excluding hydrogens is 505 g/mol. The number of hydrogen-bond donors (Lipinski definition) is 2. The minimum atomic E-state index is -3.00. The van der Waals surface area contributed by atoms with Crippen LogP contribution in [0.25, 0.3) is 0 Å². The number of aryl methyl sites for hydroxylation is 1. The Morgan fingerprint density at radius 1 is 1.31 bits per heavy atom. The van der Waals surface area contributed by atoms with E-state index in [0.29, 0.717) is 38.1 Å². The first-order valence-electron chi connectivity index (χ1n) is 9.96. The van der Waals surface area contributed by atoms with Crippen molar-refractivity contribution in [2.75, 3.05) is 44.4 Å². The van der Waals surface area contributed by atoms with Crippen LogP contribution in [0.15, 0.2) is 23.2 Å². The highest BCUT2D eigenvalue weighted by atomic mass is 127. The molecule has 0 amide bonds. The number of ether oxygens (including phenoxy) is 2. The van der Waals surface area contributed by atoms with E-state index in [1.807, 2.05) is 32.0 Å². The van der Waals surface area contributed by atoms with Crippen LogP contribution in [0.1, 0.15) is 31.4 Å². The van der Waals surface area contributed by atoms with E-state index in [-0.39, 0.29) is 35.5 Å². The predicted octanol–water partition coefficient (Wildman–Crippen LogP) is 2.52. The summed E-state index contributed by atoms with van der Waals surface area (Å²) in [5, 5.41) is 6.24. The van der Waals surface area contributed by atoms with E-state index >= 15 is 0 Å². The van der Waals surface area contributed by atoms with Crippen molar-refractivity contribution in [2.24, 2.45) is 10.9 Å². The lowest BCUT2D eigenvalue weighted by molar-refractivity contribution is 0.166. The summed E-state index contributed by atoms with van der Waals surface area (Å²) in [5.41, 5.74) is 2.14. The molecule has 1 aliphatic heterocycles. The largest absolute Gasteiger partial charge is 0.493 e. The highest BCUT2D eigenvalue weighted by molar-refractivity contribution is 14.0. The smallest absolute Gasteiger partial charge is 0.191 e. The summed E-state index contributed by atoms with van der Waals surface area (Å²) in [4.78, 5) is 4.59. The molecule has 0 radical (unpaired) electrons. The van der Waals surface area contributed by atoms with Crippen LogP contribution in [0.3, 0.4) is 0 Å². The van der Waals surface area contributed by atoms with Gasteiger partial charge in [-0.3, -0.25) is 0 Å². The molecule has 0 aliphatic carbocycles. The average molecular weight is 539 g/mol. The van der Waals surface area contributed by atoms with E-state index < -0.39 is 9.84 Å². The van der Waals surface area contributed by atoms with Crippen molar-refractivity contribution in [1.29, 1.82) is 0 Å². The maximum Gasteiger partial charge on any atom is 0.191 e. The van der Waals surface area contributed by atoms with Gasteiger partial charge in [0, 0.05) is 36.9 Å². The van der Waals surface area contributed by atoms with Gasteiger partial charge in [-0.05, 0) is 31.9 Å². The summed E-state index contributed by atoms with van der Waals surface area (Å²) < 4.78 is 34.8. The van der Waals surface area contributed by atoms with Gasteiger partial charge in [-0.1, -0.05) is 19.1 Å². The number of nitrogens with zero attached hydrogens (tertiary/aromatic N) is 1. The first-order chi connectivity index (χ1) is 13.4. The lowest BCUT2D eigenvalue weighted by Crippen LogP contribution is -2.39. The summed E-state index contributed by atoms with van der Waals surface area (Å²) in [6, 6.07) is 6.11. The lowest BCUT2D eigenvalue weighted by Gasteiger charge is -2.15. The molecule has 1 saturated heterocycles. The third-order valence-corrected chi connectivity index (χ3v) is 6.32. The van der Waals surface area contributed by atoms with Crippen LogP contribution in [0.2, 0.25) is 0 Å². The Morgan fingerprint density at radius 3 is 2.76 bits per heavy atom. The van der Waals surface area contributed by atoms with E-state index in [1.54, 1.807) is 6.92 Å². The molecule has 29 heavy (non-hydrogen) atoms. The second kappa shape index (κ2) is 13.3. The first kappa shape index (κ1) is 26.0. The third-order valence-electron chi connectivity index (χ3n) is 4.62. The zero-order valence-electron chi connectivity index (χ0n) is 17.6. The van der Waals surface area contributed by atoms with Crippen LogP contribution in [0.4, 0.5) is 0 Å². The summed E-state index contributed by atoms with van der Waals surface area (Å²) in [5.74, 6) is 2.13. The second-order valence-electron chi connectivity index (χ2n) is 7.01. The number of rotatable bonds is 10. The van der Waals surface area contributed by atoms with Crippen molar-refractivity contribution >= 4 is 39.8 Å². The summed E-state index contributed by atoms with van der Waals surface area (Å²) >= 11 is 0. The van der Waals surface area contributed by atoms with Gasteiger partial charge in [0.25, 0.3) is 0 Å². The molecule has 0 spiro atoms. The molecule has 2 N–H and O–H groups in total. The molecule has 0 saturated carbocycles. The van der Waals surface area contributed by atoms with Crippen molar-refractivity contribution in [3.05, 3.63) is 29.3 Å². The zero-order valence-corrected chi connectivity index (χ0v) is 20.7. The van der Waals surface area contributed by atoms with Gasteiger partial charge < -0.3 is 20.1 Å². The Balaban J connectivity index is 0.00000420. The van der Waals surface area contributed by atoms with Crippen molar-refractivity contribution in [1.82, 2.24) is 10.6 Å². The quantitative estimate of drug-likeness (QED) is 0.270. The molecular formula is C20H34IN3O4S. The molecule has 0 bridgehead atoms. The monoisotopic (exact) mass is 539 g/mol. The summed E-state index contributed by atoms with van der Waals surface area (Å²) in [7, 11) is -3.00. The fourth-order valence-electron chi connectivity index (χ4n) is 2.82. The Morgan fingerprint density at radius 2 is 2.10 bits per heavy atom. The van der Waals surface area contributed by atoms with Crippen molar-refractivity contribution < 1.29 is 17.9 Å². The molecule has 1 aromatic carbocycles. The molecule has 2 rings (SSSR count). The Hall–Kier alpha value is -1.07. The highest BCUT2D eigenvalue weighted by Crippen LogP contribution is 2.23. The Kier molecular flexibility index (Phi) is 11.9. The third kappa shape index (κ3) is 9.52. The first-order valence-corrected chi connectivity index (χ1v) is 11.8. The van der Waals surface area contributed by atoms with Gasteiger partial charge in [-0.15, -0.1) is 24.0 Å². The molecule has 1 aliphatic rings. The molecule has 1 atom stereocenters. The fourth-order valence-corrected chi connectivity index (χ4v) is 3.53. The van der Waals surface area contributed by atoms with Crippen LogP contribution in [-0.2, 0) is 21.1 Å². The Labute approximate surface area is 192 Å². The van der Waals surface area contributed by atoms with Crippen LogP contribution in [-0.4, -0.2) is 58.8 Å². The molecule has 1 unspecified atom stereocenters. The molecule has 1 fully saturated rings. The Bertz CT molecular complexity index is 750. The fraction of sp³-hybridized carbons (Fsp3) is 0.650. The lowest BCUT2D eigenvalue weighted by atomic mass is 10.1. The van der Waals surface area contributed by atoms with E-state index in [9.17, 15) is 8.42 Å². The van der Waals surface area contributed by atoms with E-state index in [2.05, 4.69) is 15.6 Å². The standard InChI is InChI=1S/C20H33N3O4S.HI/c1-4-21-20(22-9-11-28(24,25)5-2)23-13-18-7-6-16(3)12-19(18)27-15-17-8-10-26-14-17;/h6-7,12,17H,4-5,8-11,13-15H2,1-3H3,(H2,21,22,23);1H. The minimum absolute atomic E-state index is 0. The highest BCUT2D eigenvalue weighted by Gasteiger charge is 2.17. The van der Waals surface area contributed by atoms with E-state index in [4.69, 9.17) is 9.47 Å². The summed E-state index contributed by atoms with van der Waals surface area (Å²) in [6.07, 6.45) is 1.04. The van der Waals surface area contributed by atoms with Crippen molar-refractivity contribution in [3.63, 3.8) is 0 Å². The zero-order chi connectivity index (χ0) is 20.4. The van der Waals surface area contributed by atoms with Gasteiger partial charge in [0.15, 0.2) is 15.8 Å². The number of benzene rings is 1. The number of nitrogens with one attached hydrogen (secondary N) is 2. The van der Waals surface area contributed by atoms with Crippen molar-refractivity contribution in [3.8, 4) is 5.75 Å². The van der Waals surface area contributed by atoms with E-state index in [1.165, 1.54) is 0 Å². The van der Waals surface area contributed by atoms with Crippen LogP contribution in [0.5, 0.6) is 5.75 Å². The van der Waals surface area contributed by atoms with Gasteiger partial charge in [0.05, 0.1) is 25.5 Å². The van der Waals surface area contributed by atoms with Gasteiger partial charge in [0.2, 0.25) is 0 Å². The van der Waals surface area contributed by atoms with Crippen LogP contribution < -0.4 is 15.4 Å². The predicted molar refractivity (Wildman–Crippen MR) is 128 cm³/mol. The van der Waals surface area contributed by atoms with Gasteiger partial charge >= 0.3 is 0 Å². The SMILES string of the molecule is CCNC(=NCc1ccc(C)cc1OCC1CCOC1)NCCS(=O)(=O)CC.I. The van der Waals surface area contributed by atoms with Gasteiger partial charge in [0.1, 0.15) is 5.75 Å². The van der Waals surface area contributed by atoms with Crippen LogP contribution in [0, 0.1) is 12.8 Å². The molecule has 7 nitrogen and oxygen atoms in total. The van der Waals surface area contributed by atoms with Gasteiger partial charge in [-0.2, -0.15) is 0 Å². The molecule has 1 aromatic rings. The number of guanidine groups is 1. The molecule has 9 heteroatoms. The maximum absolute atomic E-state index is 11.6. The summed E-state index contributed by atoms with van der Waals surface area (Å²) in [6.45, 7) is 9.37. The number of sulfone groups is 1. The second-order valence-corrected chi connectivity index (χ2v) is 9.48. The molecule has 166 valence electrons. The van der Waals surface area contributed by atoms with Gasteiger partial charge in [-0.25, -0.2) is 13.4 Å². The topological polar surface area (TPSA) is 89.0 Å². The minimum Gasteiger partial charge on any atom is -0.493 e. The number of halogens is 1. The average Bonchev–Trinajstić information content (AvgIpc) is 3.19. The molecule has 0 aromatic heterocycles. The van der Waals surface area contributed by atoms with E-state index in [0.717, 1.165) is 36.5 Å². The number of aliphatic imine (C=N–C) groups is 1. The van der Waals surface area contributed by atoms with Crippen LogP contribution >= 0.6 is 24.0 Å². The maximum atomic E-state index is 11.6. The normalized spacial score (nSPS) is 16.9.